The molecule has 0 aromatic carbocycles. The standard InChI is InChI=1S/C14H29NO2/c1-2-3-6-14(13-16)7-4-5-8-15-9-11-17-12-10-15/h14,16H,2-13H2,1H3/t14-/m0/s1. The fraction of sp³-hybridized carbons (Fsp3) is 1.00. The summed E-state index contributed by atoms with van der Waals surface area (Å²) in [5.41, 5.74) is 0. The number of hydrogen-bond acceptors (Lipinski definition) is 3. The van der Waals surface area contributed by atoms with Crippen LogP contribution in [-0.4, -0.2) is 49.5 Å². The lowest BCUT2D eigenvalue weighted by Gasteiger charge is -2.26. The molecular weight excluding hydrogens is 214 g/mol. The van der Waals surface area contributed by atoms with Gasteiger partial charge in [-0.25, -0.2) is 0 Å². The van der Waals surface area contributed by atoms with E-state index in [2.05, 4.69) is 11.8 Å². The second-order valence-electron chi connectivity index (χ2n) is 5.14. The van der Waals surface area contributed by atoms with E-state index in [1.807, 2.05) is 0 Å². The highest BCUT2D eigenvalue weighted by Gasteiger charge is 2.10. The number of aliphatic hydroxyl groups excluding tert-OH is 1. The number of aliphatic hydroxyl groups is 1. The maximum Gasteiger partial charge on any atom is 0.0594 e. The molecule has 0 aromatic rings. The molecule has 3 nitrogen and oxygen atoms in total. The molecule has 0 spiro atoms. The van der Waals surface area contributed by atoms with Gasteiger partial charge in [-0.1, -0.05) is 26.2 Å². The molecule has 0 amide bonds. The van der Waals surface area contributed by atoms with Gasteiger partial charge in [0.1, 0.15) is 0 Å². The molecule has 0 saturated carbocycles. The summed E-state index contributed by atoms with van der Waals surface area (Å²) in [5, 5.41) is 9.27. The number of nitrogens with zero attached hydrogens (tertiary/aromatic N) is 1. The topological polar surface area (TPSA) is 32.7 Å². The van der Waals surface area contributed by atoms with Gasteiger partial charge in [0.15, 0.2) is 0 Å². The van der Waals surface area contributed by atoms with Gasteiger partial charge in [-0.3, -0.25) is 4.90 Å². The monoisotopic (exact) mass is 243 g/mol. The zero-order chi connectivity index (χ0) is 12.3. The molecular formula is C14H29NO2. The first-order chi connectivity index (χ1) is 8.36. The fourth-order valence-corrected chi connectivity index (χ4v) is 2.41. The van der Waals surface area contributed by atoms with Crippen molar-refractivity contribution >= 4 is 0 Å². The molecule has 0 radical (unpaired) electrons. The quantitative estimate of drug-likeness (QED) is 0.631. The summed E-state index contributed by atoms with van der Waals surface area (Å²) in [6, 6.07) is 0. The zero-order valence-corrected chi connectivity index (χ0v) is 11.4. The number of unbranched alkanes of at least 4 members (excludes halogenated alkanes) is 2. The van der Waals surface area contributed by atoms with E-state index in [-0.39, 0.29) is 0 Å². The predicted molar refractivity (Wildman–Crippen MR) is 71.2 cm³/mol. The minimum atomic E-state index is 0.373. The number of hydrogen-bond donors (Lipinski definition) is 1. The Labute approximate surface area is 106 Å². The Morgan fingerprint density at radius 3 is 2.47 bits per heavy atom. The Hall–Kier alpha value is -0.120. The van der Waals surface area contributed by atoms with Crippen molar-refractivity contribution in [2.75, 3.05) is 39.5 Å². The molecule has 17 heavy (non-hydrogen) atoms. The Morgan fingerprint density at radius 2 is 1.82 bits per heavy atom. The number of ether oxygens (including phenoxy) is 1. The second-order valence-corrected chi connectivity index (χ2v) is 5.14. The maximum atomic E-state index is 9.27. The Kier molecular flexibility index (Phi) is 8.67. The first-order valence-electron chi connectivity index (χ1n) is 7.27. The van der Waals surface area contributed by atoms with Crippen LogP contribution in [0.5, 0.6) is 0 Å². The van der Waals surface area contributed by atoms with Crippen LogP contribution in [0.4, 0.5) is 0 Å². The third kappa shape index (κ3) is 7.02. The first kappa shape index (κ1) is 14.9. The van der Waals surface area contributed by atoms with Crippen molar-refractivity contribution in [1.29, 1.82) is 0 Å². The molecule has 0 unspecified atom stereocenters. The van der Waals surface area contributed by atoms with Crippen molar-refractivity contribution in [2.24, 2.45) is 5.92 Å². The molecule has 1 N–H and O–H groups in total. The van der Waals surface area contributed by atoms with E-state index in [0.717, 1.165) is 26.3 Å². The highest BCUT2D eigenvalue weighted by atomic mass is 16.5. The summed E-state index contributed by atoms with van der Waals surface area (Å²) in [6.07, 6.45) is 7.42. The summed E-state index contributed by atoms with van der Waals surface area (Å²) < 4.78 is 5.33. The Bertz CT molecular complexity index is 170. The molecule has 1 saturated heterocycles. The molecule has 1 aliphatic heterocycles. The van der Waals surface area contributed by atoms with E-state index in [1.165, 1.54) is 45.1 Å². The minimum Gasteiger partial charge on any atom is -0.396 e. The Morgan fingerprint density at radius 1 is 1.12 bits per heavy atom. The SMILES string of the molecule is CCCC[C@H](CO)CCCCN1CCOCC1. The molecule has 0 aliphatic carbocycles. The van der Waals surface area contributed by atoms with Crippen LogP contribution in [0.25, 0.3) is 0 Å². The van der Waals surface area contributed by atoms with Crippen molar-refractivity contribution in [3.63, 3.8) is 0 Å². The predicted octanol–water partition coefficient (Wildman–Crippen LogP) is 2.29. The minimum absolute atomic E-state index is 0.373. The smallest absolute Gasteiger partial charge is 0.0594 e. The molecule has 0 aromatic heterocycles. The van der Waals surface area contributed by atoms with Gasteiger partial charge in [-0.2, -0.15) is 0 Å². The molecule has 1 atom stereocenters. The summed E-state index contributed by atoms with van der Waals surface area (Å²) in [7, 11) is 0. The van der Waals surface area contributed by atoms with Crippen LogP contribution in [0.15, 0.2) is 0 Å². The number of rotatable bonds is 9. The van der Waals surface area contributed by atoms with Crippen LogP contribution >= 0.6 is 0 Å². The summed E-state index contributed by atoms with van der Waals surface area (Å²) in [6.45, 7) is 7.78. The lowest BCUT2D eigenvalue weighted by Crippen LogP contribution is -2.36. The van der Waals surface area contributed by atoms with Crippen LogP contribution in [0.1, 0.15) is 45.4 Å². The largest absolute Gasteiger partial charge is 0.396 e. The fourth-order valence-electron chi connectivity index (χ4n) is 2.41. The average molecular weight is 243 g/mol. The van der Waals surface area contributed by atoms with Gasteiger partial charge in [0.05, 0.1) is 13.2 Å². The zero-order valence-electron chi connectivity index (χ0n) is 11.4. The van der Waals surface area contributed by atoms with Crippen molar-refractivity contribution in [2.45, 2.75) is 45.4 Å². The Balaban J connectivity index is 1.97. The molecule has 1 aliphatic rings. The highest BCUT2D eigenvalue weighted by Crippen LogP contribution is 2.15. The lowest BCUT2D eigenvalue weighted by molar-refractivity contribution is 0.0369. The highest BCUT2D eigenvalue weighted by molar-refractivity contribution is 4.63. The molecule has 0 bridgehead atoms. The van der Waals surface area contributed by atoms with E-state index >= 15 is 0 Å². The van der Waals surface area contributed by atoms with Gasteiger partial charge in [0.25, 0.3) is 0 Å². The van der Waals surface area contributed by atoms with Gasteiger partial charge in [0.2, 0.25) is 0 Å². The van der Waals surface area contributed by atoms with Crippen molar-refractivity contribution in [1.82, 2.24) is 4.90 Å². The van der Waals surface area contributed by atoms with Crippen LogP contribution in [0.2, 0.25) is 0 Å². The van der Waals surface area contributed by atoms with Gasteiger partial charge in [-0.05, 0) is 31.7 Å². The molecule has 1 heterocycles. The van der Waals surface area contributed by atoms with Crippen LogP contribution in [0.3, 0.4) is 0 Å². The second kappa shape index (κ2) is 9.86. The molecule has 1 fully saturated rings. The summed E-state index contributed by atoms with van der Waals surface area (Å²) in [4.78, 5) is 2.49. The number of morpholine rings is 1. The third-order valence-corrected chi connectivity index (χ3v) is 3.66. The molecule has 1 rings (SSSR count). The van der Waals surface area contributed by atoms with E-state index in [4.69, 9.17) is 4.74 Å². The van der Waals surface area contributed by atoms with Crippen molar-refractivity contribution < 1.29 is 9.84 Å². The summed E-state index contributed by atoms with van der Waals surface area (Å²) >= 11 is 0. The van der Waals surface area contributed by atoms with E-state index in [1.54, 1.807) is 0 Å². The van der Waals surface area contributed by atoms with Crippen molar-refractivity contribution in [3.8, 4) is 0 Å². The van der Waals surface area contributed by atoms with E-state index in [9.17, 15) is 5.11 Å². The first-order valence-corrected chi connectivity index (χ1v) is 7.27. The molecule has 3 heteroatoms. The van der Waals surface area contributed by atoms with E-state index < -0.39 is 0 Å². The summed E-state index contributed by atoms with van der Waals surface area (Å²) in [5.74, 6) is 0.541. The average Bonchev–Trinajstić information content (AvgIpc) is 2.39. The lowest BCUT2D eigenvalue weighted by atomic mass is 9.97. The van der Waals surface area contributed by atoms with Crippen LogP contribution in [-0.2, 0) is 4.74 Å². The van der Waals surface area contributed by atoms with Crippen molar-refractivity contribution in [3.05, 3.63) is 0 Å². The van der Waals surface area contributed by atoms with Gasteiger partial charge in [-0.15, -0.1) is 0 Å². The van der Waals surface area contributed by atoms with Gasteiger partial charge >= 0.3 is 0 Å². The maximum absolute atomic E-state index is 9.27. The van der Waals surface area contributed by atoms with E-state index in [0.29, 0.717) is 12.5 Å². The molecule has 102 valence electrons. The van der Waals surface area contributed by atoms with Crippen LogP contribution < -0.4 is 0 Å². The third-order valence-electron chi connectivity index (χ3n) is 3.66. The van der Waals surface area contributed by atoms with Crippen LogP contribution in [0, 0.1) is 5.92 Å². The van der Waals surface area contributed by atoms with Gasteiger partial charge in [0, 0.05) is 19.7 Å². The van der Waals surface area contributed by atoms with Gasteiger partial charge < -0.3 is 9.84 Å². The normalized spacial score (nSPS) is 19.4.